The number of nitrogens with zero attached hydrogens (tertiary/aromatic N) is 1. The van der Waals surface area contributed by atoms with Crippen molar-refractivity contribution in [2.24, 2.45) is 0 Å². The molecule has 0 fully saturated rings. The Balaban J connectivity index is 1.27. The summed E-state index contributed by atoms with van der Waals surface area (Å²) in [5, 5.41) is 2.60. The zero-order valence-corrected chi connectivity index (χ0v) is 24.6. The number of aromatic nitrogens is 1. The van der Waals surface area contributed by atoms with Gasteiger partial charge in [-0.2, -0.15) is 0 Å². The van der Waals surface area contributed by atoms with E-state index in [0.717, 1.165) is 6.42 Å². The van der Waals surface area contributed by atoms with Crippen LogP contribution in [0.1, 0.15) is 41.7 Å². The molecular weight excluding hydrogens is 518 g/mol. The molecule has 1 aliphatic rings. The Hall–Kier alpha value is -5.14. The molecule has 7 aromatic rings. The largest absolute Gasteiger partial charge is 0.309 e. The highest BCUT2D eigenvalue weighted by molar-refractivity contribution is 6.11. The Bertz CT molecular complexity index is 2140. The monoisotopic (exact) mass is 551 g/mol. The Morgan fingerprint density at radius 2 is 1.21 bits per heavy atom. The van der Waals surface area contributed by atoms with Crippen LogP contribution in [0.15, 0.2) is 152 Å². The van der Waals surface area contributed by atoms with E-state index < -0.39 is 0 Å². The van der Waals surface area contributed by atoms with Crippen LogP contribution < -0.4 is 0 Å². The standard InChI is InChI=1S/C42H33N/c1-42(2)38-19-11-9-17-34(38)36-27-37-35-18-10-12-20-40(35)43(41(37)28-39(36)42)32-24-22-31(23-25-32)33(30-15-7-4-8-16-30)26-21-29-13-5-3-6-14-29/h3-20,22-28H,21H2,1-2H3/b33-26-. The first-order valence-corrected chi connectivity index (χ1v) is 15.2. The van der Waals surface area contributed by atoms with Crippen molar-refractivity contribution in [1.82, 2.24) is 4.57 Å². The van der Waals surface area contributed by atoms with Gasteiger partial charge in [0.25, 0.3) is 0 Å². The molecule has 1 heteroatoms. The number of allylic oxidation sites excluding steroid dienone is 1. The maximum Gasteiger partial charge on any atom is 0.0544 e. The van der Waals surface area contributed by atoms with Crippen molar-refractivity contribution in [2.75, 3.05) is 0 Å². The lowest BCUT2D eigenvalue weighted by Gasteiger charge is -2.21. The number of fused-ring (bicyclic) bond motifs is 6. The van der Waals surface area contributed by atoms with Crippen LogP contribution in [0.3, 0.4) is 0 Å². The molecule has 1 aromatic heterocycles. The summed E-state index contributed by atoms with van der Waals surface area (Å²) in [6, 6.07) is 53.2. The summed E-state index contributed by atoms with van der Waals surface area (Å²) in [7, 11) is 0. The van der Waals surface area contributed by atoms with Crippen molar-refractivity contribution in [3.63, 3.8) is 0 Å². The summed E-state index contributed by atoms with van der Waals surface area (Å²) in [6.07, 6.45) is 3.26. The van der Waals surface area contributed by atoms with Gasteiger partial charge in [0.15, 0.2) is 0 Å². The first-order chi connectivity index (χ1) is 21.1. The predicted molar refractivity (Wildman–Crippen MR) is 182 cm³/mol. The summed E-state index contributed by atoms with van der Waals surface area (Å²) in [4.78, 5) is 0. The van der Waals surface area contributed by atoms with E-state index in [2.05, 4.69) is 170 Å². The molecule has 0 saturated heterocycles. The van der Waals surface area contributed by atoms with E-state index in [9.17, 15) is 0 Å². The lowest BCUT2D eigenvalue weighted by Crippen LogP contribution is -2.14. The Kier molecular flexibility index (Phi) is 5.94. The molecule has 0 amide bonds. The summed E-state index contributed by atoms with van der Waals surface area (Å²) in [6.45, 7) is 4.72. The van der Waals surface area contributed by atoms with Gasteiger partial charge in [0.1, 0.15) is 0 Å². The molecule has 0 atom stereocenters. The molecule has 1 nitrogen and oxygen atoms in total. The third-order valence-electron chi connectivity index (χ3n) is 9.28. The minimum atomic E-state index is -0.0423. The molecule has 0 bridgehead atoms. The smallest absolute Gasteiger partial charge is 0.0544 e. The molecule has 6 aromatic carbocycles. The van der Waals surface area contributed by atoms with Gasteiger partial charge in [-0.05, 0) is 81.3 Å². The average molecular weight is 552 g/mol. The summed E-state index contributed by atoms with van der Waals surface area (Å²) >= 11 is 0. The Morgan fingerprint density at radius 1 is 0.558 bits per heavy atom. The highest BCUT2D eigenvalue weighted by atomic mass is 15.0. The summed E-state index contributed by atoms with van der Waals surface area (Å²) < 4.78 is 2.45. The van der Waals surface area contributed by atoms with Gasteiger partial charge < -0.3 is 4.57 Å². The SMILES string of the molecule is CC1(C)c2ccccc2-c2cc3c4ccccc4n(-c4ccc(/C(=C\Cc5ccccc5)c5ccccc5)cc4)c3cc21. The van der Waals surface area contributed by atoms with Crippen molar-refractivity contribution in [3.8, 4) is 16.8 Å². The quantitative estimate of drug-likeness (QED) is 0.200. The van der Waals surface area contributed by atoms with Gasteiger partial charge in [-0.15, -0.1) is 0 Å². The molecule has 8 rings (SSSR count). The number of hydrogen-bond donors (Lipinski definition) is 0. The number of rotatable bonds is 5. The van der Waals surface area contributed by atoms with Crippen LogP contribution in [-0.2, 0) is 11.8 Å². The Labute approximate surface area is 253 Å². The number of hydrogen-bond acceptors (Lipinski definition) is 0. The molecule has 0 radical (unpaired) electrons. The number of benzene rings is 6. The summed E-state index contributed by atoms with van der Waals surface area (Å²) in [5.74, 6) is 0. The molecule has 0 saturated carbocycles. The van der Waals surface area contributed by atoms with E-state index in [1.54, 1.807) is 0 Å². The average Bonchev–Trinajstić information content (AvgIpc) is 3.50. The maximum absolute atomic E-state index is 2.45. The molecule has 0 N–H and O–H groups in total. The third-order valence-corrected chi connectivity index (χ3v) is 9.28. The van der Waals surface area contributed by atoms with Crippen molar-refractivity contribution in [2.45, 2.75) is 25.7 Å². The van der Waals surface area contributed by atoms with Crippen LogP contribution >= 0.6 is 0 Å². The second-order valence-corrected chi connectivity index (χ2v) is 12.2. The molecule has 1 heterocycles. The van der Waals surface area contributed by atoms with Gasteiger partial charge >= 0.3 is 0 Å². The van der Waals surface area contributed by atoms with Crippen LogP contribution in [-0.4, -0.2) is 4.57 Å². The van der Waals surface area contributed by atoms with Gasteiger partial charge in [0, 0.05) is 21.9 Å². The van der Waals surface area contributed by atoms with Crippen LogP contribution in [0.4, 0.5) is 0 Å². The minimum Gasteiger partial charge on any atom is -0.309 e. The fourth-order valence-corrected chi connectivity index (χ4v) is 7.09. The second-order valence-electron chi connectivity index (χ2n) is 12.2. The molecule has 1 aliphatic carbocycles. The van der Waals surface area contributed by atoms with Crippen molar-refractivity contribution < 1.29 is 0 Å². The zero-order chi connectivity index (χ0) is 29.0. The van der Waals surface area contributed by atoms with Gasteiger partial charge in [0.2, 0.25) is 0 Å². The summed E-state index contributed by atoms with van der Waals surface area (Å²) in [5.41, 5.74) is 14.2. The van der Waals surface area contributed by atoms with E-state index in [4.69, 9.17) is 0 Å². The minimum absolute atomic E-state index is 0.0423. The highest BCUT2D eigenvalue weighted by Gasteiger charge is 2.36. The first-order valence-electron chi connectivity index (χ1n) is 15.2. The van der Waals surface area contributed by atoms with Crippen molar-refractivity contribution in [3.05, 3.63) is 179 Å². The maximum atomic E-state index is 2.45. The lowest BCUT2D eigenvalue weighted by molar-refractivity contribution is 0.661. The van der Waals surface area contributed by atoms with E-state index in [1.165, 1.54) is 72.0 Å². The predicted octanol–water partition coefficient (Wildman–Crippen LogP) is 10.8. The van der Waals surface area contributed by atoms with Gasteiger partial charge in [-0.3, -0.25) is 0 Å². The fourth-order valence-electron chi connectivity index (χ4n) is 7.09. The first kappa shape index (κ1) is 25.6. The van der Waals surface area contributed by atoms with E-state index in [0.29, 0.717) is 0 Å². The molecule has 0 aliphatic heterocycles. The van der Waals surface area contributed by atoms with E-state index >= 15 is 0 Å². The molecule has 206 valence electrons. The molecule has 0 spiro atoms. The van der Waals surface area contributed by atoms with Gasteiger partial charge in [-0.25, -0.2) is 0 Å². The molecular formula is C42H33N. The molecule has 43 heavy (non-hydrogen) atoms. The van der Waals surface area contributed by atoms with Crippen LogP contribution in [0, 0.1) is 0 Å². The zero-order valence-electron chi connectivity index (χ0n) is 24.6. The fraction of sp³-hybridized carbons (Fsp3) is 0.0952. The van der Waals surface area contributed by atoms with Crippen LogP contribution in [0.25, 0.3) is 44.2 Å². The molecule has 0 unspecified atom stereocenters. The van der Waals surface area contributed by atoms with Crippen molar-refractivity contribution >= 4 is 27.4 Å². The Morgan fingerprint density at radius 3 is 2.00 bits per heavy atom. The van der Waals surface area contributed by atoms with Gasteiger partial charge in [0.05, 0.1) is 11.0 Å². The van der Waals surface area contributed by atoms with Crippen LogP contribution in [0.2, 0.25) is 0 Å². The normalized spacial score (nSPS) is 13.8. The van der Waals surface area contributed by atoms with Gasteiger partial charge in [-0.1, -0.05) is 135 Å². The van der Waals surface area contributed by atoms with E-state index in [1.807, 2.05) is 0 Å². The van der Waals surface area contributed by atoms with Crippen molar-refractivity contribution in [1.29, 1.82) is 0 Å². The van der Waals surface area contributed by atoms with E-state index in [-0.39, 0.29) is 5.41 Å². The second kappa shape index (κ2) is 10.00. The topological polar surface area (TPSA) is 4.93 Å². The van der Waals surface area contributed by atoms with Crippen LogP contribution in [0.5, 0.6) is 0 Å². The highest BCUT2D eigenvalue weighted by Crippen LogP contribution is 2.50. The number of para-hydroxylation sites is 1. The third kappa shape index (κ3) is 4.15. The lowest BCUT2D eigenvalue weighted by atomic mass is 9.82.